The fourth-order valence-electron chi connectivity index (χ4n) is 2.22. The first-order chi connectivity index (χ1) is 10.2. The van der Waals surface area contributed by atoms with Crippen molar-refractivity contribution < 1.29 is 8.81 Å². The monoisotopic (exact) mass is 290 g/mol. The van der Waals surface area contributed by atoms with E-state index in [-0.39, 0.29) is 5.82 Å². The van der Waals surface area contributed by atoms with E-state index in [1.54, 1.807) is 18.4 Å². The molecule has 0 aliphatic carbocycles. The van der Waals surface area contributed by atoms with Crippen LogP contribution in [0.25, 0.3) is 11.5 Å². The van der Waals surface area contributed by atoms with Crippen molar-refractivity contribution in [2.24, 2.45) is 0 Å². The number of oxazole rings is 1. The zero-order valence-electron chi connectivity index (χ0n) is 12.7. The first-order valence-electron chi connectivity index (χ1n) is 7.62. The van der Waals surface area contributed by atoms with Gasteiger partial charge in [0.2, 0.25) is 5.89 Å². The van der Waals surface area contributed by atoms with Crippen molar-refractivity contribution in [3.8, 4) is 11.5 Å². The molecule has 0 spiro atoms. The quantitative estimate of drug-likeness (QED) is 0.725. The standard InChI is InChI=1S/C17H23FN2O/c1-3-4-5-7-13(2)19-11-16-12-21-17(20-16)14-8-6-9-15(18)10-14/h6,8-10,12-13,19H,3-5,7,11H2,1-2H3. The minimum Gasteiger partial charge on any atom is -0.444 e. The third-order valence-electron chi connectivity index (χ3n) is 3.50. The molecule has 0 amide bonds. The Labute approximate surface area is 125 Å². The van der Waals surface area contributed by atoms with E-state index in [0.29, 0.717) is 24.0 Å². The molecule has 1 heterocycles. The average molecular weight is 290 g/mol. The molecule has 0 fully saturated rings. The number of halogens is 1. The van der Waals surface area contributed by atoms with E-state index >= 15 is 0 Å². The molecular formula is C17H23FN2O. The summed E-state index contributed by atoms with van der Waals surface area (Å²) in [6.07, 6.45) is 6.57. The third kappa shape index (κ3) is 4.97. The molecule has 0 saturated heterocycles. The molecule has 3 nitrogen and oxygen atoms in total. The van der Waals surface area contributed by atoms with Gasteiger partial charge >= 0.3 is 0 Å². The SMILES string of the molecule is CCCCCC(C)NCc1coc(-c2cccc(F)c2)n1. The second-order valence-electron chi connectivity index (χ2n) is 5.43. The zero-order valence-corrected chi connectivity index (χ0v) is 12.7. The molecule has 21 heavy (non-hydrogen) atoms. The number of aromatic nitrogens is 1. The fourth-order valence-corrected chi connectivity index (χ4v) is 2.22. The van der Waals surface area contributed by atoms with Crippen LogP contribution in [0.5, 0.6) is 0 Å². The van der Waals surface area contributed by atoms with Gasteiger partial charge in [0.15, 0.2) is 0 Å². The van der Waals surface area contributed by atoms with Crippen molar-refractivity contribution in [2.75, 3.05) is 0 Å². The Morgan fingerprint density at radius 3 is 2.95 bits per heavy atom. The van der Waals surface area contributed by atoms with Gasteiger partial charge in [-0.15, -0.1) is 0 Å². The van der Waals surface area contributed by atoms with E-state index in [2.05, 4.69) is 24.1 Å². The van der Waals surface area contributed by atoms with Gasteiger partial charge in [0.25, 0.3) is 0 Å². The van der Waals surface area contributed by atoms with Crippen LogP contribution in [0.1, 0.15) is 45.2 Å². The van der Waals surface area contributed by atoms with Gasteiger partial charge in [-0.05, 0) is 31.5 Å². The molecule has 0 aliphatic rings. The van der Waals surface area contributed by atoms with Crippen LogP contribution in [-0.4, -0.2) is 11.0 Å². The number of hydrogen-bond donors (Lipinski definition) is 1. The lowest BCUT2D eigenvalue weighted by molar-refractivity contribution is 0.483. The number of unbranched alkanes of at least 4 members (excludes halogenated alkanes) is 2. The lowest BCUT2D eigenvalue weighted by Gasteiger charge is -2.11. The summed E-state index contributed by atoms with van der Waals surface area (Å²) in [7, 11) is 0. The minimum atomic E-state index is -0.282. The van der Waals surface area contributed by atoms with Crippen LogP contribution in [0.3, 0.4) is 0 Å². The number of nitrogens with one attached hydrogen (secondary N) is 1. The highest BCUT2D eigenvalue weighted by molar-refractivity contribution is 5.52. The number of nitrogens with zero attached hydrogens (tertiary/aromatic N) is 1. The Kier molecular flexibility index (Phi) is 5.93. The molecule has 0 aliphatic heterocycles. The molecule has 0 radical (unpaired) electrons. The second kappa shape index (κ2) is 7.93. The molecule has 1 aromatic carbocycles. The largest absolute Gasteiger partial charge is 0.444 e. The molecular weight excluding hydrogens is 267 g/mol. The summed E-state index contributed by atoms with van der Waals surface area (Å²) in [4.78, 5) is 4.39. The van der Waals surface area contributed by atoms with Crippen molar-refractivity contribution in [2.45, 2.75) is 52.1 Å². The summed E-state index contributed by atoms with van der Waals surface area (Å²) in [5, 5.41) is 3.44. The molecule has 4 heteroatoms. The highest BCUT2D eigenvalue weighted by atomic mass is 19.1. The summed E-state index contributed by atoms with van der Waals surface area (Å²) in [6.45, 7) is 5.07. The van der Waals surface area contributed by atoms with E-state index in [0.717, 1.165) is 5.69 Å². The normalized spacial score (nSPS) is 12.5. The molecule has 2 rings (SSSR count). The highest BCUT2D eigenvalue weighted by Gasteiger charge is 2.08. The maximum absolute atomic E-state index is 13.2. The molecule has 1 atom stereocenters. The molecule has 2 aromatic rings. The molecule has 0 saturated carbocycles. The topological polar surface area (TPSA) is 38.1 Å². The fraction of sp³-hybridized carbons (Fsp3) is 0.471. The van der Waals surface area contributed by atoms with Crippen LogP contribution in [0, 0.1) is 5.82 Å². The van der Waals surface area contributed by atoms with Crippen molar-refractivity contribution in [3.05, 3.63) is 42.0 Å². The van der Waals surface area contributed by atoms with Gasteiger partial charge in [-0.25, -0.2) is 9.37 Å². The number of benzene rings is 1. The average Bonchev–Trinajstić information content (AvgIpc) is 2.94. The molecule has 0 bridgehead atoms. The van der Waals surface area contributed by atoms with Crippen LogP contribution in [0.4, 0.5) is 4.39 Å². The summed E-state index contributed by atoms with van der Waals surface area (Å²) in [5.41, 5.74) is 1.51. The van der Waals surface area contributed by atoms with Crippen LogP contribution < -0.4 is 5.32 Å². The maximum atomic E-state index is 13.2. The van der Waals surface area contributed by atoms with E-state index in [1.807, 2.05) is 0 Å². The summed E-state index contributed by atoms with van der Waals surface area (Å²) < 4.78 is 18.6. The summed E-state index contributed by atoms with van der Waals surface area (Å²) in [5.74, 6) is 0.180. The van der Waals surface area contributed by atoms with E-state index in [1.165, 1.54) is 37.8 Å². The minimum absolute atomic E-state index is 0.282. The Balaban J connectivity index is 1.86. The Bertz CT molecular complexity index is 553. The predicted octanol–water partition coefficient (Wildman–Crippen LogP) is 4.54. The van der Waals surface area contributed by atoms with Crippen LogP contribution >= 0.6 is 0 Å². The van der Waals surface area contributed by atoms with Gasteiger partial charge in [0.1, 0.15) is 12.1 Å². The highest BCUT2D eigenvalue weighted by Crippen LogP contribution is 2.19. The molecule has 1 unspecified atom stereocenters. The van der Waals surface area contributed by atoms with Crippen molar-refractivity contribution in [1.29, 1.82) is 0 Å². The number of hydrogen-bond acceptors (Lipinski definition) is 3. The summed E-state index contributed by atoms with van der Waals surface area (Å²) in [6, 6.07) is 6.75. The van der Waals surface area contributed by atoms with Crippen molar-refractivity contribution in [3.63, 3.8) is 0 Å². The van der Waals surface area contributed by atoms with Gasteiger partial charge in [-0.3, -0.25) is 0 Å². The molecule has 1 aromatic heterocycles. The van der Waals surface area contributed by atoms with Gasteiger partial charge in [-0.2, -0.15) is 0 Å². The van der Waals surface area contributed by atoms with Crippen LogP contribution in [0.15, 0.2) is 34.9 Å². The van der Waals surface area contributed by atoms with Crippen LogP contribution in [0.2, 0.25) is 0 Å². The number of rotatable bonds is 8. The third-order valence-corrected chi connectivity index (χ3v) is 3.50. The van der Waals surface area contributed by atoms with Crippen molar-refractivity contribution >= 4 is 0 Å². The Hall–Kier alpha value is -1.68. The van der Waals surface area contributed by atoms with Crippen molar-refractivity contribution in [1.82, 2.24) is 10.3 Å². The first-order valence-corrected chi connectivity index (χ1v) is 7.62. The van der Waals surface area contributed by atoms with Gasteiger partial charge in [-0.1, -0.05) is 32.3 Å². The lowest BCUT2D eigenvalue weighted by atomic mass is 10.1. The van der Waals surface area contributed by atoms with Crippen LogP contribution in [-0.2, 0) is 6.54 Å². The van der Waals surface area contributed by atoms with Gasteiger partial charge in [0, 0.05) is 18.2 Å². The smallest absolute Gasteiger partial charge is 0.226 e. The molecule has 1 N–H and O–H groups in total. The Morgan fingerprint density at radius 1 is 1.33 bits per heavy atom. The second-order valence-corrected chi connectivity index (χ2v) is 5.43. The van der Waals surface area contributed by atoms with E-state index in [4.69, 9.17) is 4.42 Å². The summed E-state index contributed by atoms with van der Waals surface area (Å²) >= 11 is 0. The van der Waals surface area contributed by atoms with Gasteiger partial charge in [0.05, 0.1) is 5.69 Å². The Morgan fingerprint density at radius 2 is 2.19 bits per heavy atom. The zero-order chi connectivity index (χ0) is 15.1. The van der Waals surface area contributed by atoms with E-state index in [9.17, 15) is 4.39 Å². The van der Waals surface area contributed by atoms with E-state index < -0.39 is 0 Å². The maximum Gasteiger partial charge on any atom is 0.226 e. The molecule has 114 valence electrons. The van der Waals surface area contributed by atoms with Gasteiger partial charge < -0.3 is 9.73 Å². The first kappa shape index (κ1) is 15.7. The predicted molar refractivity (Wildman–Crippen MR) is 82.3 cm³/mol. The lowest BCUT2D eigenvalue weighted by Crippen LogP contribution is -2.25.